The third-order valence-corrected chi connectivity index (χ3v) is 3.88. The Bertz CT molecular complexity index is 561. The van der Waals surface area contributed by atoms with E-state index in [0.717, 1.165) is 11.3 Å². The fourth-order valence-electron chi connectivity index (χ4n) is 1.86. The van der Waals surface area contributed by atoms with Gasteiger partial charge in [0.05, 0.1) is 0 Å². The molecule has 0 aliphatic rings. The molecular formula is C19H29NO4S. The summed E-state index contributed by atoms with van der Waals surface area (Å²) in [6, 6.07) is 9.19. The smallest absolute Gasteiger partial charge is 0.408 e. The molecule has 25 heavy (non-hydrogen) atoms. The summed E-state index contributed by atoms with van der Waals surface area (Å²) in [5.74, 6) is 0.693. The molecule has 1 amide bonds. The zero-order valence-corrected chi connectivity index (χ0v) is 16.7. The van der Waals surface area contributed by atoms with Crippen molar-refractivity contribution >= 4 is 23.8 Å². The number of hydrogen-bond donors (Lipinski definition) is 1. The Labute approximate surface area is 154 Å². The van der Waals surface area contributed by atoms with E-state index < -0.39 is 29.3 Å². The molecule has 0 spiro atoms. The zero-order chi connectivity index (χ0) is 19.1. The summed E-state index contributed by atoms with van der Waals surface area (Å²) in [6.45, 7) is 10.7. The van der Waals surface area contributed by atoms with Gasteiger partial charge in [0, 0.05) is 11.5 Å². The van der Waals surface area contributed by atoms with Gasteiger partial charge in [-0.05, 0) is 47.1 Å². The molecule has 1 rings (SSSR count). The molecule has 1 aromatic rings. The average molecular weight is 368 g/mol. The highest BCUT2D eigenvalue weighted by Crippen LogP contribution is 2.16. The topological polar surface area (TPSA) is 64.6 Å². The Morgan fingerprint density at radius 3 is 2.08 bits per heavy atom. The van der Waals surface area contributed by atoms with E-state index in [2.05, 4.69) is 5.32 Å². The summed E-state index contributed by atoms with van der Waals surface area (Å²) < 4.78 is 10.7. The maximum Gasteiger partial charge on any atom is 0.408 e. The molecule has 0 radical (unpaired) electrons. The lowest BCUT2D eigenvalue weighted by Crippen LogP contribution is -2.47. The van der Waals surface area contributed by atoms with Crippen LogP contribution >= 0.6 is 11.8 Å². The Morgan fingerprint density at radius 1 is 1.00 bits per heavy atom. The molecule has 5 nitrogen and oxygen atoms in total. The van der Waals surface area contributed by atoms with Crippen LogP contribution in [0.3, 0.4) is 0 Å². The number of hydrogen-bond acceptors (Lipinski definition) is 5. The maximum atomic E-state index is 12.4. The van der Waals surface area contributed by atoms with Crippen molar-refractivity contribution in [1.82, 2.24) is 5.32 Å². The molecular weight excluding hydrogens is 338 g/mol. The van der Waals surface area contributed by atoms with Crippen LogP contribution in [0.5, 0.6) is 0 Å². The van der Waals surface area contributed by atoms with Crippen LogP contribution in [0.25, 0.3) is 0 Å². The summed E-state index contributed by atoms with van der Waals surface area (Å²) in [5.41, 5.74) is -0.0814. The van der Waals surface area contributed by atoms with Gasteiger partial charge in [-0.25, -0.2) is 9.59 Å². The number of esters is 1. The summed E-state index contributed by atoms with van der Waals surface area (Å²) in [6.07, 6.45) is -0.622. The molecule has 140 valence electrons. The molecule has 0 aliphatic carbocycles. The summed E-state index contributed by atoms with van der Waals surface area (Å²) >= 11 is 1.56. The summed E-state index contributed by atoms with van der Waals surface area (Å²) in [5, 5.41) is 2.63. The minimum Gasteiger partial charge on any atom is -0.458 e. The van der Waals surface area contributed by atoms with Crippen LogP contribution in [0, 0.1) is 0 Å². The second-order valence-corrected chi connectivity index (χ2v) is 8.76. The normalized spacial score (nSPS) is 13.0. The predicted octanol–water partition coefficient (Wildman–Crippen LogP) is 4.15. The minimum absolute atomic E-state index is 0.406. The van der Waals surface area contributed by atoms with Gasteiger partial charge >= 0.3 is 12.1 Å². The number of carbonyl (C=O) groups excluding carboxylic acids is 2. The molecule has 0 saturated heterocycles. The van der Waals surface area contributed by atoms with Crippen molar-refractivity contribution in [2.24, 2.45) is 0 Å². The first kappa shape index (κ1) is 21.4. The fraction of sp³-hybridized carbons (Fsp3) is 0.579. The molecule has 0 saturated carbocycles. The number of rotatable bonds is 6. The number of thioether (sulfide) groups is 1. The van der Waals surface area contributed by atoms with Gasteiger partial charge in [0.15, 0.2) is 0 Å². The largest absolute Gasteiger partial charge is 0.458 e. The first-order valence-corrected chi connectivity index (χ1v) is 9.46. The Morgan fingerprint density at radius 2 is 1.56 bits per heavy atom. The van der Waals surface area contributed by atoms with Crippen molar-refractivity contribution in [3.05, 3.63) is 35.9 Å². The van der Waals surface area contributed by atoms with Gasteiger partial charge in [0.25, 0.3) is 0 Å². The van der Waals surface area contributed by atoms with Crippen molar-refractivity contribution in [3.63, 3.8) is 0 Å². The van der Waals surface area contributed by atoms with E-state index in [1.165, 1.54) is 0 Å². The molecule has 1 aromatic carbocycles. The molecule has 1 N–H and O–H groups in total. The van der Waals surface area contributed by atoms with Crippen molar-refractivity contribution < 1.29 is 19.1 Å². The SMILES string of the molecule is CC(C)(C)OC(=O)NC(CSCc1ccccc1)C(=O)OC(C)(C)C. The van der Waals surface area contributed by atoms with Crippen molar-refractivity contribution in [3.8, 4) is 0 Å². The minimum atomic E-state index is -0.761. The zero-order valence-electron chi connectivity index (χ0n) is 15.9. The Kier molecular flexibility index (Phi) is 7.80. The number of ether oxygens (including phenoxy) is 2. The van der Waals surface area contributed by atoms with Gasteiger partial charge in [-0.1, -0.05) is 30.3 Å². The van der Waals surface area contributed by atoms with Gasteiger partial charge in [-0.2, -0.15) is 11.8 Å². The third kappa shape index (κ3) is 10.0. The van der Waals surface area contributed by atoms with E-state index >= 15 is 0 Å². The predicted molar refractivity (Wildman–Crippen MR) is 102 cm³/mol. The lowest BCUT2D eigenvalue weighted by molar-refractivity contribution is -0.156. The van der Waals surface area contributed by atoms with Crippen LogP contribution in [0.2, 0.25) is 0 Å². The van der Waals surface area contributed by atoms with Crippen LogP contribution in [-0.4, -0.2) is 35.1 Å². The lowest BCUT2D eigenvalue weighted by Gasteiger charge is -2.26. The van der Waals surface area contributed by atoms with E-state index in [-0.39, 0.29) is 0 Å². The highest BCUT2D eigenvalue weighted by Gasteiger charge is 2.28. The molecule has 1 atom stereocenters. The fourth-order valence-corrected chi connectivity index (χ4v) is 2.86. The van der Waals surface area contributed by atoms with Crippen molar-refractivity contribution in [2.75, 3.05) is 5.75 Å². The summed E-state index contributed by atoms with van der Waals surface area (Å²) in [4.78, 5) is 24.4. The van der Waals surface area contributed by atoms with E-state index in [1.54, 1.807) is 53.3 Å². The molecule has 6 heteroatoms. The van der Waals surface area contributed by atoms with Crippen molar-refractivity contribution in [1.29, 1.82) is 0 Å². The Hall–Kier alpha value is -1.69. The molecule has 1 unspecified atom stereocenters. The maximum absolute atomic E-state index is 12.4. The monoisotopic (exact) mass is 367 g/mol. The highest BCUT2D eigenvalue weighted by atomic mass is 32.2. The van der Waals surface area contributed by atoms with Gasteiger partial charge in [0.1, 0.15) is 17.2 Å². The first-order chi connectivity index (χ1) is 11.5. The number of nitrogens with one attached hydrogen (secondary N) is 1. The molecule has 0 bridgehead atoms. The molecule has 0 fully saturated rings. The highest BCUT2D eigenvalue weighted by molar-refractivity contribution is 7.98. The molecule has 0 heterocycles. The molecule has 0 aliphatic heterocycles. The van der Waals surface area contributed by atoms with Crippen molar-refractivity contribution in [2.45, 2.75) is 64.5 Å². The van der Waals surface area contributed by atoms with E-state index in [1.807, 2.05) is 30.3 Å². The quantitative estimate of drug-likeness (QED) is 0.765. The standard InChI is InChI=1S/C19H29NO4S/c1-18(2,3)23-16(21)15(20-17(22)24-19(4,5)6)13-25-12-14-10-8-7-9-11-14/h7-11,15H,12-13H2,1-6H3,(H,20,22). The van der Waals surface area contributed by atoms with Gasteiger partial charge in [-0.3, -0.25) is 0 Å². The van der Waals surface area contributed by atoms with E-state index in [4.69, 9.17) is 9.47 Å². The van der Waals surface area contributed by atoms with E-state index in [0.29, 0.717) is 5.75 Å². The number of carbonyl (C=O) groups is 2. The number of amides is 1. The Balaban J connectivity index is 2.66. The summed E-state index contributed by atoms with van der Waals surface area (Å²) in [7, 11) is 0. The van der Waals surface area contributed by atoms with Crippen LogP contribution in [0.1, 0.15) is 47.1 Å². The van der Waals surface area contributed by atoms with Crippen LogP contribution in [0.4, 0.5) is 4.79 Å². The van der Waals surface area contributed by atoms with Crippen LogP contribution in [0.15, 0.2) is 30.3 Å². The number of benzene rings is 1. The third-order valence-electron chi connectivity index (χ3n) is 2.78. The van der Waals surface area contributed by atoms with Gasteiger partial charge in [-0.15, -0.1) is 0 Å². The second kappa shape index (κ2) is 9.13. The first-order valence-electron chi connectivity index (χ1n) is 8.30. The average Bonchev–Trinajstić information content (AvgIpc) is 2.43. The van der Waals surface area contributed by atoms with Gasteiger partial charge in [0.2, 0.25) is 0 Å². The second-order valence-electron chi connectivity index (χ2n) is 7.73. The lowest BCUT2D eigenvalue weighted by atomic mass is 10.2. The van der Waals surface area contributed by atoms with E-state index in [9.17, 15) is 9.59 Å². The van der Waals surface area contributed by atoms with Crippen LogP contribution < -0.4 is 5.32 Å². The molecule has 0 aromatic heterocycles. The van der Waals surface area contributed by atoms with Crippen LogP contribution in [-0.2, 0) is 20.0 Å². The number of alkyl carbamates (subject to hydrolysis) is 1. The van der Waals surface area contributed by atoms with Gasteiger partial charge < -0.3 is 14.8 Å².